The van der Waals surface area contributed by atoms with E-state index in [0.29, 0.717) is 32.0 Å². The summed E-state index contributed by atoms with van der Waals surface area (Å²) in [5.74, 6) is 1.30. The molecule has 0 aliphatic carbocycles. The maximum absolute atomic E-state index is 13.8. The van der Waals surface area contributed by atoms with Crippen LogP contribution < -0.4 is 11.1 Å². The van der Waals surface area contributed by atoms with E-state index in [1.807, 2.05) is 47.4 Å². The van der Waals surface area contributed by atoms with Gasteiger partial charge in [-0.3, -0.25) is 14.5 Å². The Labute approximate surface area is 259 Å². The summed E-state index contributed by atoms with van der Waals surface area (Å²) in [4.78, 5) is 39.5. The first-order valence-electron chi connectivity index (χ1n) is 15.9. The predicted molar refractivity (Wildman–Crippen MR) is 174 cm³/mol. The van der Waals surface area contributed by atoms with Gasteiger partial charge in [0.25, 0.3) is 0 Å². The van der Waals surface area contributed by atoms with Crippen LogP contribution in [0.5, 0.6) is 0 Å². The van der Waals surface area contributed by atoms with Crippen LogP contribution in [0.2, 0.25) is 0 Å². The number of hydrogen-bond acceptors (Lipinski definition) is 8. The highest BCUT2D eigenvalue weighted by atomic mass is 16.5. The third-order valence-corrected chi connectivity index (χ3v) is 8.34. The number of para-hydroxylation sites is 1. The summed E-state index contributed by atoms with van der Waals surface area (Å²) in [6.07, 6.45) is 4.96. The fraction of sp³-hybridized carbons (Fsp3) is 0.471. The molecule has 1 fully saturated rings. The topological polar surface area (TPSA) is 119 Å². The number of aryl methyl sites for hydroxylation is 2. The molecule has 2 aromatic heterocycles. The normalized spacial score (nSPS) is 14.1. The number of amides is 1. The van der Waals surface area contributed by atoms with Crippen molar-refractivity contribution in [3.63, 3.8) is 0 Å². The van der Waals surface area contributed by atoms with Crippen LogP contribution in [0.3, 0.4) is 0 Å². The second-order valence-electron chi connectivity index (χ2n) is 11.6. The Morgan fingerprint density at radius 2 is 1.89 bits per heavy atom. The van der Waals surface area contributed by atoms with E-state index in [0.717, 1.165) is 97.2 Å². The van der Waals surface area contributed by atoms with Gasteiger partial charge in [0.05, 0.1) is 31.1 Å². The Morgan fingerprint density at radius 1 is 1.05 bits per heavy atom. The number of methoxy groups -OCH3 is 1. The quantitative estimate of drug-likeness (QED) is 0.222. The van der Waals surface area contributed by atoms with Crippen molar-refractivity contribution in [3.05, 3.63) is 65.5 Å². The Balaban J connectivity index is 1.39. The molecule has 1 aliphatic rings. The fourth-order valence-electron chi connectivity index (χ4n) is 6.03. The second kappa shape index (κ2) is 15.1. The summed E-state index contributed by atoms with van der Waals surface area (Å²) < 4.78 is 7.16. The predicted octanol–water partition coefficient (Wildman–Crippen LogP) is 3.94. The molecule has 234 valence electrons. The third-order valence-electron chi connectivity index (χ3n) is 8.34. The summed E-state index contributed by atoms with van der Waals surface area (Å²) in [7, 11) is 1.40. The van der Waals surface area contributed by atoms with Gasteiger partial charge in [0, 0.05) is 44.5 Å². The minimum atomic E-state index is -0.278. The smallest absolute Gasteiger partial charge is 0.309 e. The van der Waals surface area contributed by atoms with E-state index in [-0.39, 0.29) is 18.3 Å². The van der Waals surface area contributed by atoms with E-state index in [2.05, 4.69) is 32.8 Å². The van der Waals surface area contributed by atoms with Gasteiger partial charge in [-0.05, 0) is 49.5 Å². The molecular weight excluding hydrogens is 554 g/mol. The highest BCUT2D eigenvalue weighted by Crippen LogP contribution is 2.29. The highest BCUT2D eigenvalue weighted by molar-refractivity contribution is 6.06. The molecule has 4 aromatic rings. The molecule has 2 aromatic carbocycles. The van der Waals surface area contributed by atoms with Crippen LogP contribution >= 0.6 is 0 Å². The number of nitrogen functional groups attached to an aromatic ring is 1. The number of hydrogen-bond donors (Lipinski definition) is 2. The highest BCUT2D eigenvalue weighted by Gasteiger charge is 2.21. The van der Waals surface area contributed by atoms with Gasteiger partial charge in [-0.2, -0.15) is 0 Å². The van der Waals surface area contributed by atoms with Crippen molar-refractivity contribution in [1.29, 1.82) is 0 Å². The van der Waals surface area contributed by atoms with Crippen LogP contribution in [0.4, 0.5) is 5.82 Å². The van der Waals surface area contributed by atoms with Gasteiger partial charge >= 0.3 is 5.97 Å². The number of benzene rings is 2. The van der Waals surface area contributed by atoms with E-state index in [4.69, 9.17) is 15.5 Å². The molecule has 10 heteroatoms. The number of esters is 1. The number of aromatic nitrogens is 3. The third kappa shape index (κ3) is 7.73. The number of rotatable bonds is 13. The number of nitrogens with zero attached hydrogens (tertiary/aromatic N) is 5. The number of fused-ring (bicyclic) bond motifs is 3. The molecule has 0 atom stereocenters. The van der Waals surface area contributed by atoms with Crippen molar-refractivity contribution >= 4 is 39.6 Å². The Bertz CT molecular complexity index is 1580. The summed E-state index contributed by atoms with van der Waals surface area (Å²) in [5, 5.41) is 4.46. The van der Waals surface area contributed by atoms with Crippen LogP contribution in [0.1, 0.15) is 49.6 Å². The van der Waals surface area contributed by atoms with Gasteiger partial charge in [-0.25, -0.2) is 9.97 Å². The molecule has 0 saturated carbocycles. The van der Waals surface area contributed by atoms with E-state index < -0.39 is 0 Å². The molecule has 0 bridgehead atoms. The van der Waals surface area contributed by atoms with Gasteiger partial charge in [-0.15, -0.1) is 0 Å². The molecule has 10 nitrogen and oxygen atoms in total. The Hall–Kier alpha value is -4.02. The fourth-order valence-corrected chi connectivity index (χ4v) is 6.03. The molecule has 3 heterocycles. The first-order valence-corrected chi connectivity index (χ1v) is 15.9. The standard InChI is InChI=1S/C34H45N7O3/c1-3-4-14-29-38-32-33(27-12-5-6-13-28(27)37-34(32)35)41(29)19-9-18-40(30(42)24-39-17-8-15-36-16-20-39)23-26-11-7-10-25(21-26)22-31(43)44-2/h5-7,10-13,21,36H,3-4,8-9,14-20,22-24H2,1-2H3,(H2,35,37). The molecule has 44 heavy (non-hydrogen) atoms. The number of unbranched alkanes of at least 4 members (excludes halogenated alkanes) is 1. The monoisotopic (exact) mass is 599 g/mol. The van der Waals surface area contributed by atoms with Crippen molar-refractivity contribution in [2.75, 3.05) is 52.1 Å². The van der Waals surface area contributed by atoms with Crippen molar-refractivity contribution < 1.29 is 14.3 Å². The number of anilines is 1. The van der Waals surface area contributed by atoms with Gasteiger partial charge in [0.15, 0.2) is 5.82 Å². The molecule has 0 unspecified atom stereocenters. The van der Waals surface area contributed by atoms with Crippen molar-refractivity contribution in [2.24, 2.45) is 0 Å². The van der Waals surface area contributed by atoms with Crippen LogP contribution in [0.25, 0.3) is 21.9 Å². The van der Waals surface area contributed by atoms with E-state index in [1.54, 1.807) is 0 Å². The van der Waals surface area contributed by atoms with Crippen molar-refractivity contribution in [3.8, 4) is 0 Å². The zero-order valence-corrected chi connectivity index (χ0v) is 26.1. The van der Waals surface area contributed by atoms with Crippen LogP contribution in [0, 0.1) is 0 Å². The molecule has 0 radical (unpaired) electrons. The number of nitrogens with two attached hydrogens (primary N) is 1. The maximum atomic E-state index is 13.8. The number of ether oxygens (including phenoxy) is 1. The second-order valence-corrected chi connectivity index (χ2v) is 11.6. The minimum Gasteiger partial charge on any atom is -0.469 e. The Morgan fingerprint density at radius 3 is 2.73 bits per heavy atom. The van der Waals surface area contributed by atoms with Gasteiger partial charge in [0.1, 0.15) is 11.3 Å². The van der Waals surface area contributed by atoms with E-state index in [1.165, 1.54) is 7.11 Å². The summed E-state index contributed by atoms with van der Waals surface area (Å²) >= 11 is 0. The van der Waals surface area contributed by atoms with Crippen molar-refractivity contribution in [2.45, 2.75) is 58.5 Å². The number of pyridine rings is 1. The summed E-state index contributed by atoms with van der Waals surface area (Å²) in [6, 6.07) is 16.0. The molecule has 3 N–H and O–H groups in total. The number of nitrogens with one attached hydrogen (secondary N) is 1. The van der Waals surface area contributed by atoms with Gasteiger partial charge < -0.3 is 25.3 Å². The number of imidazole rings is 1. The first-order chi connectivity index (χ1) is 21.5. The average molecular weight is 600 g/mol. The molecular formula is C34H45N7O3. The number of carbonyl (C=O) groups is 2. The Kier molecular flexibility index (Phi) is 10.8. The molecule has 0 spiro atoms. The number of carbonyl (C=O) groups excluding carboxylic acids is 2. The molecule has 1 amide bonds. The van der Waals surface area contributed by atoms with Crippen LogP contribution in [0.15, 0.2) is 48.5 Å². The minimum absolute atomic E-state index is 0.117. The summed E-state index contributed by atoms with van der Waals surface area (Å²) in [6.45, 7) is 8.00. The lowest BCUT2D eigenvalue weighted by atomic mass is 10.1. The summed E-state index contributed by atoms with van der Waals surface area (Å²) in [5.41, 5.74) is 10.9. The lowest BCUT2D eigenvalue weighted by Gasteiger charge is -2.27. The van der Waals surface area contributed by atoms with Gasteiger partial charge in [-0.1, -0.05) is 55.8 Å². The molecule has 1 saturated heterocycles. The first kappa shape index (κ1) is 31.4. The van der Waals surface area contributed by atoms with Crippen LogP contribution in [-0.4, -0.2) is 82.6 Å². The lowest BCUT2D eigenvalue weighted by molar-refractivity contribution is -0.139. The zero-order chi connectivity index (χ0) is 30.9. The van der Waals surface area contributed by atoms with Gasteiger partial charge in [0.2, 0.25) is 5.91 Å². The molecule has 1 aliphatic heterocycles. The molecule has 5 rings (SSSR count). The van der Waals surface area contributed by atoms with Crippen LogP contribution in [-0.2, 0) is 40.3 Å². The van der Waals surface area contributed by atoms with E-state index >= 15 is 0 Å². The lowest BCUT2D eigenvalue weighted by Crippen LogP contribution is -2.42. The largest absolute Gasteiger partial charge is 0.469 e. The average Bonchev–Trinajstić information content (AvgIpc) is 3.19. The van der Waals surface area contributed by atoms with E-state index in [9.17, 15) is 9.59 Å². The van der Waals surface area contributed by atoms with Crippen molar-refractivity contribution in [1.82, 2.24) is 29.7 Å². The maximum Gasteiger partial charge on any atom is 0.309 e. The zero-order valence-electron chi connectivity index (χ0n) is 26.1. The SMILES string of the molecule is CCCCc1nc2c(N)nc3ccccc3c2n1CCCN(Cc1cccc(CC(=O)OC)c1)C(=O)CN1CCCNCC1.